The van der Waals surface area contributed by atoms with Gasteiger partial charge in [-0.3, -0.25) is 0 Å². The molecule has 9 heteroatoms. The first kappa shape index (κ1) is 17.8. The van der Waals surface area contributed by atoms with Gasteiger partial charge in [0.25, 0.3) is 5.89 Å². The summed E-state index contributed by atoms with van der Waals surface area (Å²) in [6.07, 6.45) is 2.64. The Balaban J connectivity index is 0.00000182. The molecule has 0 saturated heterocycles. The molecule has 1 aromatic carbocycles. The van der Waals surface area contributed by atoms with Gasteiger partial charge in [0.15, 0.2) is 5.82 Å². The van der Waals surface area contributed by atoms with E-state index in [1.165, 1.54) is 12.1 Å². The molecule has 0 amide bonds. The summed E-state index contributed by atoms with van der Waals surface area (Å²) in [5.74, 6) is 0.551. The van der Waals surface area contributed by atoms with E-state index < -0.39 is 11.4 Å². The van der Waals surface area contributed by atoms with Gasteiger partial charge in [-0.1, -0.05) is 28.0 Å². The molecule has 2 aromatic heterocycles. The maximum Gasteiger partial charge on any atom is 0.263 e. The maximum atomic E-state index is 14.2. The van der Waals surface area contributed by atoms with E-state index in [1.54, 1.807) is 13.0 Å². The van der Waals surface area contributed by atoms with Gasteiger partial charge in [-0.15, -0.1) is 12.4 Å². The van der Waals surface area contributed by atoms with Crippen LogP contribution in [-0.4, -0.2) is 15.3 Å². The van der Waals surface area contributed by atoms with E-state index in [1.807, 2.05) is 0 Å². The lowest BCUT2D eigenvalue weighted by Gasteiger charge is -2.34. The van der Waals surface area contributed by atoms with Crippen molar-refractivity contribution in [1.29, 1.82) is 0 Å². The van der Waals surface area contributed by atoms with E-state index in [4.69, 9.17) is 26.4 Å². The van der Waals surface area contributed by atoms with E-state index in [2.05, 4.69) is 15.3 Å². The topological polar surface area (TPSA) is 91.0 Å². The highest BCUT2D eigenvalue weighted by molar-refractivity contribution is 6.33. The van der Waals surface area contributed by atoms with E-state index in [0.717, 1.165) is 19.3 Å². The Morgan fingerprint density at radius 2 is 1.96 bits per heavy atom. The van der Waals surface area contributed by atoms with Crippen LogP contribution in [0, 0.1) is 12.7 Å². The van der Waals surface area contributed by atoms with Gasteiger partial charge >= 0.3 is 0 Å². The van der Waals surface area contributed by atoms with Crippen LogP contribution in [0.2, 0.25) is 5.02 Å². The Morgan fingerprint density at radius 3 is 2.60 bits per heavy atom. The van der Waals surface area contributed by atoms with Gasteiger partial charge in [-0.05, 0) is 38.3 Å². The van der Waals surface area contributed by atoms with Gasteiger partial charge in [0.05, 0.1) is 16.1 Å². The van der Waals surface area contributed by atoms with Crippen molar-refractivity contribution in [1.82, 2.24) is 15.3 Å². The summed E-state index contributed by atoms with van der Waals surface area (Å²) < 4.78 is 24.8. The number of rotatable bonds is 3. The van der Waals surface area contributed by atoms with E-state index in [0.29, 0.717) is 17.1 Å². The fourth-order valence-corrected chi connectivity index (χ4v) is 3.08. The maximum absolute atomic E-state index is 14.2. The number of nitrogens with zero attached hydrogens (tertiary/aromatic N) is 3. The zero-order valence-electron chi connectivity index (χ0n) is 13.3. The zero-order chi connectivity index (χ0) is 16.9. The minimum Gasteiger partial charge on any atom is -0.360 e. The summed E-state index contributed by atoms with van der Waals surface area (Å²) in [7, 11) is 0. The molecule has 6 nitrogen and oxygen atoms in total. The second-order valence-electron chi connectivity index (χ2n) is 5.99. The molecule has 2 heterocycles. The van der Waals surface area contributed by atoms with Crippen LogP contribution < -0.4 is 5.73 Å². The van der Waals surface area contributed by atoms with Gasteiger partial charge < -0.3 is 14.8 Å². The fraction of sp³-hybridized carbons (Fsp3) is 0.312. The number of halogens is 3. The summed E-state index contributed by atoms with van der Waals surface area (Å²) in [5, 5.41) is 8.13. The first-order valence-corrected chi connectivity index (χ1v) is 7.91. The third-order valence-electron chi connectivity index (χ3n) is 4.39. The summed E-state index contributed by atoms with van der Waals surface area (Å²) in [6, 6.07) is 4.40. The van der Waals surface area contributed by atoms with Gasteiger partial charge in [0, 0.05) is 0 Å². The minimum absolute atomic E-state index is 0. The predicted octanol–water partition coefficient (Wildman–Crippen LogP) is 4.25. The molecule has 1 saturated carbocycles. The van der Waals surface area contributed by atoms with Crippen LogP contribution in [0.25, 0.3) is 22.7 Å². The van der Waals surface area contributed by atoms with Crippen LogP contribution in [0.1, 0.15) is 30.8 Å². The lowest BCUT2D eigenvalue weighted by atomic mass is 9.77. The van der Waals surface area contributed by atoms with E-state index in [-0.39, 0.29) is 34.6 Å². The zero-order valence-corrected chi connectivity index (χ0v) is 14.8. The monoisotopic (exact) mass is 384 g/mol. The standard InChI is InChI=1S/C16H14ClFN4O2.ClH/c1-8-11(14-20-15(22-24-14)16(19)6-3-7-16)13(21-23-8)12-9(17)4-2-5-10(12)18;/h2,4-5H,3,6-7,19H2,1H3;1H. The van der Waals surface area contributed by atoms with Crippen molar-refractivity contribution < 1.29 is 13.4 Å². The SMILES string of the molecule is Cc1onc(-c2c(F)cccc2Cl)c1-c1nc(C2(N)CCC2)no1.Cl. The quantitative estimate of drug-likeness (QED) is 0.725. The minimum atomic E-state index is -0.553. The number of hydrogen-bond donors (Lipinski definition) is 1. The molecule has 0 spiro atoms. The van der Waals surface area contributed by atoms with Gasteiger partial charge in [0.1, 0.15) is 22.8 Å². The molecular formula is C16H15Cl2FN4O2. The van der Waals surface area contributed by atoms with Gasteiger partial charge in [-0.25, -0.2) is 4.39 Å². The molecule has 1 aliphatic carbocycles. The predicted molar refractivity (Wildman–Crippen MR) is 91.9 cm³/mol. The third kappa shape index (κ3) is 2.82. The molecule has 3 aromatic rings. The highest BCUT2D eigenvalue weighted by Crippen LogP contribution is 2.41. The normalized spacial score (nSPS) is 15.5. The van der Waals surface area contributed by atoms with Crippen molar-refractivity contribution in [3.05, 3.63) is 40.6 Å². The molecule has 1 fully saturated rings. The Labute approximate surface area is 153 Å². The summed E-state index contributed by atoms with van der Waals surface area (Å²) >= 11 is 6.13. The first-order valence-electron chi connectivity index (χ1n) is 7.54. The molecule has 0 atom stereocenters. The van der Waals surface area contributed by atoms with Crippen LogP contribution >= 0.6 is 24.0 Å². The van der Waals surface area contributed by atoms with Crippen LogP contribution in [0.5, 0.6) is 0 Å². The largest absolute Gasteiger partial charge is 0.360 e. The van der Waals surface area contributed by atoms with Crippen molar-refractivity contribution in [2.24, 2.45) is 5.73 Å². The molecule has 1 aliphatic rings. The Morgan fingerprint density at radius 1 is 1.20 bits per heavy atom. The smallest absolute Gasteiger partial charge is 0.263 e. The van der Waals surface area contributed by atoms with Crippen molar-refractivity contribution in [2.75, 3.05) is 0 Å². The number of nitrogens with two attached hydrogens (primary N) is 1. The second-order valence-corrected chi connectivity index (χ2v) is 6.40. The summed E-state index contributed by atoms with van der Waals surface area (Å²) in [6.45, 7) is 1.69. The molecule has 0 aliphatic heterocycles. The van der Waals surface area contributed by atoms with E-state index in [9.17, 15) is 4.39 Å². The van der Waals surface area contributed by atoms with Crippen molar-refractivity contribution >= 4 is 24.0 Å². The molecule has 0 radical (unpaired) electrons. The van der Waals surface area contributed by atoms with Crippen LogP contribution in [0.4, 0.5) is 4.39 Å². The summed E-state index contributed by atoms with van der Waals surface area (Å²) in [5.41, 5.74) is 6.45. The molecule has 2 N–H and O–H groups in total. The van der Waals surface area contributed by atoms with Crippen LogP contribution in [0.3, 0.4) is 0 Å². The number of hydrogen-bond acceptors (Lipinski definition) is 6. The van der Waals surface area contributed by atoms with Crippen LogP contribution in [0.15, 0.2) is 27.2 Å². The molecule has 132 valence electrons. The number of aryl methyl sites for hydroxylation is 1. The Kier molecular flexibility index (Phi) is 4.57. The van der Waals surface area contributed by atoms with Gasteiger partial charge in [0.2, 0.25) is 0 Å². The van der Waals surface area contributed by atoms with Crippen LogP contribution in [-0.2, 0) is 5.54 Å². The number of aromatic nitrogens is 3. The van der Waals surface area contributed by atoms with Crippen molar-refractivity contribution in [3.63, 3.8) is 0 Å². The molecule has 0 bridgehead atoms. The van der Waals surface area contributed by atoms with Gasteiger partial charge in [-0.2, -0.15) is 4.98 Å². The fourth-order valence-electron chi connectivity index (χ4n) is 2.83. The van der Waals surface area contributed by atoms with Crippen molar-refractivity contribution in [3.8, 4) is 22.7 Å². The Hall–Kier alpha value is -1.96. The molecule has 4 rings (SSSR count). The van der Waals surface area contributed by atoms with E-state index >= 15 is 0 Å². The summed E-state index contributed by atoms with van der Waals surface area (Å²) in [4.78, 5) is 4.38. The molecular weight excluding hydrogens is 370 g/mol. The highest BCUT2D eigenvalue weighted by Gasteiger charge is 2.39. The molecule has 0 unspecified atom stereocenters. The lowest BCUT2D eigenvalue weighted by Crippen LogP contribution is -2.44. The average Bonchev–Trinajstić information content (AvgIpc) is 3.12. The van der Waals surface area contributed by atoms with Crippen molar-refractivity contribution in [2.45, 2.75) is 31.7 Å². The highest BCUT2D eigenvalue weighted by atomic mass is 35.5. The second kappa shape index (κ2) is 6.40. The third-order valence-corrected chi connectivity index (χ3v) is 4.71. The first-order chi connectivity index (χ1) is 11.5. The lowest BCUT2D eigenvalue weighted by molar-refractivity contribution is 0.229. The average molecular weight is 385 g/mol. The number of benzene rings is 1. The Bertz CT molecular complexity index is 901. The molecule has 25 heavy (non-hydrogen) atoms.